The third-order valence-electron chi connectivity index (χ3n) is 10.7. The predicted octanol–water partition coefficient (Wildman–Crippen LogP) is -0.172. The molecular weight excluding hydrogens is 680 g/mol. The highest BCUT2D eigenvalue weighted by Crippen LogP contribution is 2.75. The molecule has 7 N–H and O–H groups in total. The molecule has 250 valence electrons. The van der Waals surface area contributed by atoms with E-state index in [0.29, 0.717) is 29.8 Å². The molecule has 19 nitrogen and oxygen atoms in total. The minimum absolute atomic E-state index is 0.0669. The number of phosphoric ester groups is 1. The lowest BCUT2D eigenvalue weighted by Crippen LogP contribution is -2.40. The molecule has 2 unspecified atom stereocenters. The number of rotatable bonds is 2. The summed E-state index contributed by atoms with van der Waals surface area (Å²) in [6, 6.07) is -1.47. The highest BCUT2D eigenvalue weighted by Gasteiger charge is 2.76. The predicted molar refractivity (Wildman–Crippen MR) is 162 cm³/mol. The van der Waals surface area contributed by atoms with Crippen LogP contribution in [0.4, 0.5) is 5.82 Å². The van der Waals surface area contributed by atoms with Gasteiger partial charge < -0.3 is 48.9 Å². The monoisotopic (exact) mass is 709 g/mol. The number of imidazole rings is 2. The lowest BCUT2D eigenvalue weighted by Gasteiger charge is -2.34. The molecule has 4 aromatic heterocycles. The molecule has 4 aliphatic carbocycles. The first-order chi connectivity index (χ1) is 22.3. The van der Waals surface area contributed by atoms with E-state index in [1.54, 1.807) is 16.1 Å². The van der Waals surface area contributed by atoms with Crippen molar-refractivity contribution < 1.29 is 42.7 Å². The van der Waals surface area contributed by atoms with Crippen molar-refractivity contribution in [1.82, 2.24) is 39.0 Å². The van der Waals surface area contributed by atoms with Gasteiger partial charge in [0.05, 0.1) is 38.0 Å². The number of fused-ring (bicyclic) bond motifs is 2. The van der Waals surface area contributed by atoms with Gasteiger partial charge in [-0.2, -0.15) is 0 Å². The molecule has 1 aliphatic heterocycles. The van der Waals surface area contributed by atoms with Crippen molar-refractivity contribution in [1.29, 1.82) is 0 Å². The molecule has 5 aliphatic rings. The van der Waals surface area contributed by atoms with E-state index in [4.69, 9.17) is 35.6 Å². The Morgan fingerprint density at radius 3 is 2.21 bits per heavy atom. The molecule has 1 saturated heterocycles. The summed E-state index contributed by atoms with van der Waals surface area (Å²) in [5.41, 5.74) is 4.37. The number of aromatic amines is 1. The summed E-state index contributed by atoms with van der Waals surface area (Å²) in [6.07, 6.45) is -0.280. The molecule has 12 atom stereocenters. The molecule has 4 saturated carbocycles. The number of aromatic nitrogens is 8. The van der Waals surface area contributed by atoms with Crippen molar-refractivity contribution in [3.05, 3.63) is 35.2 Å². The Labute approximate surface area is 269 Å². The van der Waals surface area contributed by atoms with Crippen LogP contribution in [0, 0.1) is 29.6 Å². The van der Waals surface area contributed by atoms with E-state index in [1.165, 1.54) is 19.0 Å². The average Bonchev–Trinajstić information content (AvgIpc) is 3.71. The van der Waals surface area contributed by atoms with E-state index in [1.807, 2.05) is 0 Å². The van der Waals surface area contributed by atoms with Crippen molar-refractivity contribution >= 4 is 54.5 Å². The quantitative estimate of drug-likeness (QED) is 0.147. The molecule has 5 heterocycles. The Hall–Kier alpha value is -2.74. The van der Waals surface area contributed by atoms with Crippen LogP contribution in [0.3, 0.4) is 0 Å². The fourth-order valence-electron chi connectivity index (χ4n) is 8.43. The molecule has 0 radical (unpaired) electrons. The zero-order valence-electron chi connectivity index (χ0n) is 24.4. The number of phosphoric acid groups is 1. The van der Waals surface area contributed by atoms with E-state index in [0.717, 1.165) is 0 Å². The second-order valence-corrected chi connectivity index (χ2v) is 17.3. The Kier molecular flexibility index (Phi) is 6.26. The third-order valence-corrected chi connectivity index (χ3v) is 13.2. The molecule has 5 fully saturated rings. The van der Waals surface area contributed by atoms with Gasteiger partial charge in [0.15, 0.2) is 22.6 Å². The van der Waals surface area contributed by atoms with Crippen LogP contribution in [0.15, 0.2) is 23.8 Å². The number of nitrogen functional groups attached to an aromatic ring is 1. The van der Waals surface area contributed by atoms with Crippen molar-refractivity contribution in [2.75, 3.05) is 18.9 Å². The molecule has 2 spiro atoms. The maximum atomic E-state index is 13.6. The first-order valence-electron chi connectivity index (χ1n) is 14.8. The summed E-state index contributed by atoms with van der Waals surface area (Å²) in [5, 5.41) is 23.2. The molecule has 0 amide bonds. The van der Waals surface area contributed by atoms with Gasteiger partial charge in [0.25, 0.3) is 5.56 Å². The number of nitrogens with one attached hydrogen (secondary N) is 1. The summed E-state index contributed by atoms with van der Waals surface area (Å²) in [6.45, 7) is -3.15. The number of hydrogen-bond donors (Lipinski definition) is 6. The number of nitrogens with two attached hydrogens (primary N) is 1. The fourth-order valence-corrected chi connectivity index (χ4v) is 11.0. The van der Waals surface area contributed by atoms with Crippen LogP contribution in [0.25, 0.3) is 22.3 Å². The first kappa shape index (κ1) is 30.3. The van der Waals surface area contributed by atoms with Gasteiger partial charge in [0.1, 0.15) is 42.1 Å². The standard InChI is InChI=1S/C25H29N9O10P2S/c1-9-31-22-13(23(37)32-9)30-8-34(22)15-11-3-25(11)5-42-46(40,47)44-19-17(36)14(33-7-29-12-20(26)27-6-28-21(12)33)10-2-24(10,19)4-41-45(38,39)43-18(25)16(15)35/h6-8,10-11,14-19,35-36H,2-5H2,1H3,(H,38,39)(H,40,47)(H2,26,27,28)(H,31,32,37)/t10-,11-,14-,15-,16+,17+,18+,19+,24-,25-,46?/m1/s1. The highest BCUT2D eigenvalue weighted by molar-refractivity contribution is 8.07. The van der Waals surface area contributed by atoms with Gasteiger partial charge in [0.2, 0.25) is 0 Å². The molecule has 22 heteroatoms. The van der Waals surface area contributed by atoms with E-state index in [-0.39, 0.29) is 29.5 Å². The van der Waals surface area contributed by atoms with Crippen molar-refractivity contribution in [2.45, 2.75) is 56.3 Å². The number of nitrogens with zero attached hydrogens (tertiary/aromatic N) is 7. The summed E-state index contributed by atoms with van der Waals surface area (Å²) < 4.78 is 40.0. The Balaban J connectivity index is 1.06. The van der Waals surface area contributed by atoms with Crippen LogP contribution in [0.1, 0.15) is 30.7 Å². The van der Waals surface area contributed by atoms with Gasteiger partial charge in [-0.15, -0.1) is 0 Å². The number of aliphatic hydroxyl groups is 2. The molecular formula is C25H29N9O10P2S. The van der Waals surface area contributed by atoms with Crippen LogP contribution in [-0.2, 0) is 34.5 Å². The van der Waals surface area contributed by atoms with Crippen molar-refractivity contribution in [3.8, 4) is 0 Å². The molecule has 9 rings (SSSR count). The number of hydrogen-bond acceptors (Lipinski definition) is 15. The Bertz CT molecular complexity index is 2150. The Morgan fingerprint density at radius 1 is 0.936 bits per heavy atom. The number of aliphatic hydroxyl groups excluding tert-OH is 2. The molecule has 0 bridgehead atoms. The number of anilines is 1. The second kappa shape index (κ2) is 9.70. The van der Waals surface area contributed by atoms with Crippen LogP contribution in [0.2, 0.25) is 0 Å². The Morgan fingerprint density at radius 2 is 1.53 bits per heavy atom. The van der Waals surface area contributed by atoms with Crippen molar-refractivity contribution in [2.24, 2.45) is 22.7 Å². The molecule has 4 aromatic rings. The fraction of sp³-hybridized carbons (Fsp3) is 0.600. The summed E-state index contributed by atoms with van der Waals surface area (Å²) >= 11 is 5.45. The number of aryl methyl sites for hydroxylation is 1. The highest BCUT2D eigenvalue weighted by atomic mass is 32.5. The topological polar surface area (TPSA) is 268 Å². The summed E-state index contributed by atoms with van der Waals surface area (Å²) in [7, 11) is -4.86. The van der Waals surface area contributed by atoms with Gasteiger partial charge >= 0.3 is 14.5 Å². The van der Waals surface area contributed by atoms with Gasteiger partial charge in [-0.3, -0.25) is 13.8 Å². The maximum Gasteiger partial charge on any atom is 0.472 e. The number of H-pyrrole nitrogens is 1. The maximum absolute atomic E-state index is 13.6. The van der Waals surface area contributed by atoms with Gasteiger partial charge in [-0.1, -0.05) is 0 Å². The molecule has 47 heavy (non-hydrogen) atoms. The minimum atomic E-state index is -4.86. The smallest absolute Gasteiger partial charge is 0.388 e. The molecule has 0 aromatic carbocycles. The van der Waals surface area contributed by atoms with E-state index in [2.05, 4.69) is 29.9 Å². The SMILES string of the molecule is Cc1nc2c(ncn2[C@H]2[C@H](O)[C@@H]3OP(=O)(O)OC[C@]45C[C@@H]4[C@@H](n4cnc6c(N)ncnc64)[C@H](O)[C@@H]5OP(O)(=S)OC[C@@]34C[C@H]24)c(=O)[nH]1. The summed E-state index contributed by atoms with van der Waals surface area (Å²) in [5.74, 6) is -0.289. The normalized spacial score (nSPS) is 44.3. The van der Waals surface area contributed by atoms with E-state index >= 15 is 0 Å². The first-order valence-corrected chi connectivity index (χ1v) is 18.9. The van der Waals surface area contributed by atoms with Crippen LogP contribution >= 0.6 is 14.5 Å². The van der Waals surface area contributed by atoms with Crippen LogP contribution in [-0.4, -0.2) is 96.7 Å². The second-order valence-electron chi connectivity index (χ2n) is 13.1. The van der Waals surface area contributed by atoms with Crippen molar-refractivity contribution in [3.63, 3.8) is 0 Å². The van der Waals surface area contributed by atoms with E-state index in [9.17, 15) is 29.4 Å². The van der Waals surface area contributed by atoms with Gasteiger partial charge in [-0.25, -0.2) is 29.5 Å². The van der Waals surface area contributed by atoms with Gasteiger partial charge in [0, 0.05) is 10.8 Å². The van der Waals surface area contributed by atoms with E-state index < -0.39 is 80.0 Å². The minimum Gasteiger partial charge on any atom is -0.388 e. The van der Waals surface area contributed by atoms with Crippen LogP contribution in [0.5, 0.6) is 0 Å². The summed E-state index contributed by atoms with van der Waals surface area (Å²) in [4.78, 5) is 58.6. The average molecular weight is 710 g/mol. The lowest BCUT2D eigenvalue weighted by molar-refractivity contribution is -0.0555. The zero-order valence-corrected chi connectivity index (χ0v) is 27.0. The zero-order chi connectivity index (χ0) is 32.8. The largest absolute Gasteiger partial charge is 0.472 e. The lowest BCUT2D eigenvalue weighted by atomic mass is 10.0. The van der Waals surface area contributed by atoms with Gasteiger partial charge in [-0.05, 0) is 43.4 Å². The third kappa shape index (κ3) is 4.27. The van der Waals surface area contributed by atoms with Crippen LogP contribution < -0.4 is 11.3 Å².